The van der Waals surface area contributed by atoms with Crippen molar-refractivity contribution in [1.82, 2.24) is 5.32 Å². The molecule has 1 unspecified atom stereocenters. The van der Waals surface area contributed by atoms with E-state index in [-0.39, 0.29) is 5.54 Å². The van der Waals surface area contributed by atoms with Crippen LogP contribution in [0.4, 0.5) is 0 Å². The zero-order chi connectivity index (χ0) is 9.83. The molecule has 0 aromatic carbocycles. The minimum atomic E-state index is -0.554. The first kappa shape index (κ1) is 11.9. The minimum Gasteiger partial charge on any atom is -0.389 e. The molecule has 0 amide bonds. The van der Waals surface area contributed by atoms with Gasteiger partial charge in [0.2, 0.25) is 0 Å². The molecule has 0 fully saturated rings. The summed E-state index contributed by atoms with van der Waals surface area (Å²) in [6.45, 7) is 11.0. The van der Waals surface area contributed by atoms with Crippen LogP contribution in [-0.2, 0) is 0 Å². The maximum absolute atomic E-state index is 9.82. The van der Waals surface area contributed by atoms with Gasteiger partial charge in [-0.1, -0.05) is 13.3 Å². The van der Waals surface area contributed by atoms with E-state index in [1.807, 2.05) is 6.92 Å². The summed E-state index contributed by atoms with van der Waals surface area (Å²) >= 11 is 0. The SMILES string of the molecule is CCCC(C)(O)CNC(C)(C)C. The molecule has 0 rings (SSSR count). The minimum absolute atomic E-state index is 0.0950. The monoisotopic (exact) mass is 173 g/mol. The van der Waals surface area contributed by atoms with Crippen molar-refractivity contribution in [1.29, 1.82) is 0 Å². The van der Waals surface area contributed by atoms with Crippen LogP contribution in [0.25, 0.3) is 0 Å². The zero-order valence-corrected chi connectivity index (χ0v) is 9.07. The number of hydrogen-bond acceptors (Lipinski definition) is 2. The first-order valence-corrected chi connectivity index (χ1v) is 4.74. The Morgan fingerprint density at radius 2 is 1.67 bits per heavy atom. The van der Waals surface area contributed by atoms with Gasteiger partial charge >= 0.3 is 0 Å². The van der Waals surface area contributed by atoms with Crippen LogP contribution in [0.1, 0.15) is 47.5 Å². The summed E-state index contributed by atoms with van der Waals surface area (Å²) in [5.74, 6) is 0. The Hall–Kier alpha value is -0.0800. The molecule has 2 nitrogen and oxygen atoms in total. The smallest absolute Gasteiger partial charge is 0.0743 e. The van der Waals surface area contributed by atoms with Gasteiger partial charge in [0.15, 0.2) is 0 Å². The highest BCUT2D eigenvalue weighted by molar-refractivity contribution is 4.80. The van der Waals surface area contributed by atoms with Crippen molar-refractivity contribution in [3.63, 3.8) is 0 Å². The Labute approximate surface area is 76.4 Å². The maximum Gasteiger partial charge on any atom is 0.0743 e. The van der Waals surface area contributed by atoms with Crippen molar-refractivity contribution < 1.29 is 5.11 Å². The van der Waals surface area contributed by atoms with Gasteiger partial charge in [0, 0.05) is 12.1 Å². The molecule has 12 heavy (non-hydrogen) atoms. The molecule has 0 bridgehead atoms. The van der Waals surface area contributed by atoms with Gasteiger partial charge in [-0.15, -0.1) is 0 Å². The second kappa shape index (κ2) is 4.24. The third-order valence-corrected chi connectivity index (χ3v) is 1.79. The molecule has 2 N–H and O–H groups in total. The van der Waals surface area contributed by atoms with E-state index in [9.17, 15) is 5.11 Å². The van der Waals surface area contributed by atoms with E-state index in [0.29, 0.717) is 6.54 Å². The number of β-amino-alcohol motifs (C(OH)–C–C–N with tert-alkyl or cyclic N) is 1. The van der Waals surface area contributed by atoms with E-state index in [0.717, 1.165) is 12.8 Å². The molecule has 0 saturated carbocycles. The van der Waals surface area contributed by atoms with Gasteiger partial charge in [0.05, 0.1) is 5.60 Å². The number of rotatable bonds is 4. The fourth-order valence-corrected chi connectivity index (χ4v) is 1.08. The van der Waals surface area contributed by atoms with Crippen LogP contribution in [0.3, 0.4) is 0 Å². The lowest BCUT2D eigenvalue weighted by Gasteiger charge is -2.29. The predicted molar refractivity (Wildman–Crippen MR) is 53.3 cm³/mol. The summed E-state index contributed by atoms with van der Waals surface area (Å²) in [4.78, 5) is 0. The van der Waals surface area contributed by atoms with Gasteiger partial charge in [-0.2, -0.15) is 0 Å². The van der Waals surface area contributed by atoms with Crippen LogP contribution in [0.5, 0.6) is 0 Å². The molecule has 0 saturated heterocycles. The summed E-state index contributed by atoms with van der Waals surface area (Å²) in [5, 5.41) is 13.1. The van der Waals surface area contributed by atoms with E-state index in [2.05, 4.69) is 33.0 Å². The Kier molecular flexibility index (Phi) is 4.21. The molecular weight excluding hydrogens is 150 g/mol. The standard InChI is InChI=1S/C10H23NO/c1-6-7-10(5,12)8-11-9(2,3)4/h11-12H,6-8H2,1-5H3. The third-order valence-electron chi connectivity index (χ3n) is 1.79. The second-order valence-corrected chi connectivity index (χ2v) is 4.85. The van der Waals surface area contributed by atoms with Gasteiger partial charge in [0.25, 0.3) is 0 Å². The molecule has 0 spiro atoms. The lowest BCUT2D eigenvalue weighted by molar-refractivity contribution is 0.0438. The molecule has 0 aliphatic heterocycles. The van der Waals surface area contributed by atoms with Crippen molar-refractivity contribution in [2.75, 3.05) is 6.54 Å². The summed E-state index contributed by atoms with van der Waals surface area (Å²) in [6, 6.07) is 0. The van der Waals surface area contributed by atoms with E-state index >= 15 is 0 Å². The molecular formula is C10H23NO. The van der Waals surface area contributed by atoms with Gasteiger partial charge in [-0.25, -0.2) is 0 Å². The number of nitrogens with one attached hydrogen (secondary N) is 1. The average Bonchev–Trinajstić information content (AvgIpc) is 1.83. The van der Waals surface area contributed by atoms with E-state index < -0.39 is 5.60 Å². The lowest BCUT2D eigenvalue weighted by atomic mass is 9.99. The molecule has 74 valence electrons. The predicted octanol–water partition coefficient (Wildman–Crippen LogP) is 1.93. The molecule has 0 heterocycles. The highest BCUT2D eigenvalue weighted by atomic mass is 16.3. The molecule has 0 aromatic rings. The summed E-state index contributed by atoms with van der Waals surface area (Å²) in [7, 11) is 0. The summed E-state index contributed by atoms with van der Waals surface area (Å²) in [6.07, 6.45) is 1.88. The van der Waals surface area contributed by atoms with Crippen LogP contribution < -0.4 is 5.32 Å². The molecule has 0 aromatic heterocycles. The third kappa shape index (κ3) is 6.62. The van der Waals surface area contributed by atoms with Crippen molar-refractivity contribution in [3.05, 3.63) is 0 Å². The van der Waals surface area contributed by atoms with E-state index in [4.69, 9.17) is 0 Å². The lowest BCUT2D eigenvalue weighted by Crippen LogP contribution is -2.46. The Bertz CT molecular complexity index is 124. The highest BCUT2D eigenvalue weighted by Gasteiger charge is 2.21. The van der Waals surface area contributed by atoms with Gasteiger partial charge < -0.3 is 10.4 Å². The quantitative estimate of drug-likeness (QED) is 0.681. The fourth-order valence-electron chi connectivity index (χ4n) is 1.08. The highest BCUT2D eigenvalue weighted by Crippen LogP contribution is 2.11. The number of hydrogen-bond donors (Lipinski definition) is 2. The summed E-state index contributed by atoms with van der Waals surface area (Å²) in [5.41, 5.74) is -0.459. The van der Waals surface area contributed by atoms with Gasteiger partial charge in [-0.05, 0) is 34.1 Å². The van der Waals surface area contributed by atoms with Crippen LogP contribution in [0.15, 0.2) is 0 Å². The Morgan fingerprint density at radius 3 is 2.00 bits per heavy atom. The van der Waals surface area contributed by atoms with Crippen molar-refractivity contribution >= 4 is 0 Å². The fraction of sp³-hybridized carbons (Fsp3) is 1.00. The van der Waals surface area contributed by atoms with Crippen LogP contribution in [-0.4, -0.2) is 22.8 Å². The van der Waals surface area contributed by atoms with Gasteiger partial charge in [0.1, 0.15) is 0 Å². The zero-order valence-electron chi connectivity index (χ0n) is 9.07. The molecule has 0 aliphatic rings. The van der Waals surface area contributed by atoms with Crippen LogP contribution in [0.2, 0.25) is 0 Å². The molecule has 0 radical (unpaired) electrons. The van der Waals surface area contributed by atoms with E-state index in [1.165, 1.54) is 0 Å². The van der Waals surface area contributed by atoms with Crippen molar-refractivity contribution in [2.45, 2.75) is 58.6 Å². The summed E-state index contributed by atoms with van der Waals surface area (Å²) < 4.78 is 0. The largest absolute Gasteiger partial charge is 0.389 e. The first-order chi connectivity index (χ1) is 5.27. The van der Waals surface area contributed by atoms with E-state index in [1.54, 1.807) is 0 Å². The Balaban J connectivity index is 3.75. The first-order valence-electron chi connectivity index (χ1n) is 4.74. The maximum atomic E-state index is 9.82. The van der Waals surface area contributed by atoms with Crippen molar-refractivity contribution in [2.24, 2.45) is 0 Å². The second-order valence-electron chi connectivity index (χ2n) is 4.85. The number of aliphatic hydroxyl groups is 1. The Morgan fingerprint density at radius 1 is 1.17 bits per heavy atom. The van der Waals surface area contributed by atoms with Gasteiger partial charge in [-0.3, -0.25) is 0 Å². The van der Waals surface area contributed by atoms with Crippen LogP contribution in [0, 0.1) is 0 Å². The molecule has 1 atom stereocenters. The average molecular weight is 173 g/mol. The van der Waals surface area contributed by atoms with Crippen molar-refractivity contribution in [3.8, 4) is 0 Å². The topological polar surface area (TPSA) is 32.3 Å². The molecule has 2 heteroatoms. The van der Waals surface area contributed by atoms with Crippen LogP contribution >= 0.6 is 0 Å². The normalized spacial score (nSPS) is 17.5. The molecule has 0 aliphatic carbocycles.